The van der Waals surface area contributed by atoms with Crippen molar-refractivity contribution < 1.29 is 4.79 Å². The Labute approximate surface area is 113 Å². The number of H-pyrrole nitrogens is 1. The second-order valence-corrected chi connectivity index (χ2v) is 4.43. The number of imidazole rings is 1. The predicted molar refractivity (Wildman–Crippen MR) is 74.4 cm³/mol. The van der Waals surface area contributed by atoms with E-state index in [4.69, 9.17) is 0 Å². The molecule has 1 amide bonds. The van der Waals surface area contributed by atoms with Gasteiger partial charge in [-0.25, -0.2) is 4.79 Å². The number of aromatic amines is 1. The highest BCUT2D eigenvalue weighted by Gasteiger charge is 2.13. The summed E-state index contributed by atoms with van der Waals surface area (Å²) in [6, 6.07) is 9.01. The molecule has 102 valence electrons. The smallest absolute Gasteiger partial charge is 0.310 e. The zero-order valence-electron chi connectivity index (χ0n) is 10.8. The van der Waals surface area contributed by atoms with Crippen LogP contribution in [0.4, 0.5) is 5.82 Å². The fourth-order valence-corrected chi connectivity index (χ4v) is 2.17. The lowest BCUT2D eigenvalue weighted by Gasteiger charge is -2.03. The number of aromatic nitrogens is 4. The van der Waals surface area contributed by atoms with Crippen molar-refractivity contribution in [2.45, 2.75) is 6.54 Å². The standard InChI is InChI=1S/C13H13N5O2/c1-17-9-4-2-3-5-10(9)18(13(17)20)8-12(19)15-11-6-7-14-16-11/h2-7H,8H2,1H3,(H2,14,15,16,19). The van der Waals surface area contributed by atoms with Crippen LogP contribution in [0.15, 0.2) is 41.3 Å². The molecule has 2 heterocycles. The Morgan fingerprint density at radius 2 is 2.05 bits per heavy atom. The molecule has 0 fully saturated rings. The summed E-state index contributed by atoms with van der Waals surface area (Å²) in [6.45, 7) is -0.0425. The van der Waals surface area contributed by atoms with Crippen molar-refractivity contribution in [2.75, 3.05) is 5.32 Å². The fourth-order valence-electron chi connectivity index (χ4n) is 2.17. The number of rotatable bonds is 3. The predicted octanol–water partition coefficient (Wildman–Crippen LogP) is 0.702. The van der Waals surface area contributed by atoms with Crippen LogP contribution in [0.3, 0.4) is 0 Å². The van der Waals surface area contributed by atoms with E-state index in [-0.39, 0.29) is 18.1 Å². The minimum atomic E-state index is -0.285. The molecular formula is C13H13N5O2. The van der Waals surface area contributed by atoms with Gasteiger partial charge in [-0.1, -0.05) is 12.1 Å². The summed E-state index contributed by atoms with van der Waals surface area (Å²) in [6.07, 6.45) is 1.54. The number of hydrogen-bond acceptors (Lipinski definition) is 3. The molecule has 7 nitrogen and oxygen atoms in total. The van der Waals surface area contributed by atoms with E-state index in [0.717, 1.165) is 11.0 Å². The third kappa shape index (κ3) is 1.99. The molecular weight excluding hydrogens is 258 g/mol. The molecule has 2 N–H and O–H groups in total. The summed E-state index contributed by atoms with van der Waals surface area (Å²) in [5.74, 6) is 0.219. The number of nitrogens with one attached hydrogen (secondary N) is 2. The van der Waals surface area contributed by atoms with Crippen LogP contribution in [0.1, 0.15) is 0 Å². The number of nitrogens with zero attached hydrogens (tertiary/aromatic N) is 3. The Morgan fingerprint density at radius 3 is 2.75 bits per heavy atom. The van der Waals surface area contributed by atoms with E-state index >= 15 is 0 Å². The molecule has 20 heavy (non-hydrogen) atoms. The van der Waals surface area contributed by atoms with Crippen molar-refractivity contribution in [1.82, 2.24) is 19.3 Å². The normalized spacial score (nSPS) is 10.8. The Hall–Kier alpha value is -2.83. The molecule has 0 spiro atoms. The number of amides is 1. The maximum Gasteiger partial charge on any atom is 0.329 e. The summed E-state index contributed by atoms with van der Waals surface area (Å²) in [5.41, 5.74) is 1.32. The van der Waals surface area contributed by atoms with Crippen LogP contribution < -0.4 is 11.0 Å². The first kappa shape index (κ1) is 12.2. The van der Waals surface area contributed by atoms with Crippen molar-refractivity contribution in [3.05, 3.63) is 47.0 Å². The summed E-state index contributed by atoms with van der Waals surface area (Å²) in [5, 5.41) is 9.02. The van der Waals surface area contributed by atoms with Gasteiger partial charge in [-0.15, -0.1) is 0 Å². The fraction of sp³-hybridized carbons (Fsp3) is 0.154. The topological polar surface area (TPSA) is 84.7 Å². The average Bonchev–Trinajstić information content (AvgIpc) is 3.03. The highest BCUT2D eigenvalue weighted by atomic mass is 16.2. The lowest BCUT2D eigenvalue weighted by Crippen LogP contribution is -2.28. The molecule has 0 radical (unpaired) electrons. The third-order valence-corrected chi connectivity index (χ3v) is 3.13. The SMILES string of the molecule is Cn1c(=O)n(CC(=O)Nc2ccn[nH]2)c2ccccc21. The van der Waals surface area contributed by atoms with E-state index < -0.39 is 0 Å². The van der Waals surface area contributed by atoms with E-state index in [2.05, 4.69) is 15.5 Å². The number of hydrogen-bond donors (Lipinski definition) is 2. The maximum atomic E-state index is 12.2. The van der Waals surface area contributed by atoms with E-state index in [1.54, 1.807) is 19.3 Å². The van der Waals surface area contributed by atoms with Crippen LogP contribution in [0, 0.1) is 0 Å². The van der Waals surface area contributed by atoms with Gasteiger partial charge in [0.15, 0.2) is 0 Å². The lowest BCUT2D eigenvalue weighted by molar-refractivity contribution is -0.116. The molecule has 0 aliphatic heterocycles. The zero-order valence-corrected chi connectivity index (χ0v) is 10.8. The summed E-state index contributed by atoms with van der Waals surface area (Å²) in [7, 11) is 1.69. The van der Waals surface area contributed by atoms with Gasteiger partial charge in [-0.3, -0.25) is 19.0 Å². The van der Waals surface area contributed by atoms with Gasteiger partial charge in [0.05, 0.1) is 17.2 Å². The van der Waals surface area contributed by atoms with Gasteiger partial charge in [0.2, 0.25) is 5.91 Å². The Bertz CT molecular complexity index is 813. The van der Waals surface area contributed by atoms with Crippen molar-refractivity contribution in [3.8, 4) is 0 Å². The molecule has 0 aliphatic carbocycles. The number of benzene rings is 1. The van der Waals surface area contributed by atoms with Gasteiger partial charge in [0.25, 0.3) is 0 Å². The second kappa shape index (κ2) is 4.69. The van der Waals surface area contributed by atoms with Crippen LogP contribution in [-0.4, -0.2) is 25.2 Å². The monoisotopic (exact) mass is 271 g/mol. The molecule has 0 aliphatic rings. The largest absolute Gasteiger partial charge is 0.329 e. The average molecular weight is 271 g/mol. The molecule has 2 aromatic heterocycles. The first-order valence-corrected chi connectivity index (χ1v) is 6.10. The van der Waals surface area contributed by atoms with Crippen molar-refractivity contribution in [3.63, 3.8) is 0 Å². The zero-order chi connectivity index (χ0) is 14.1. The van der Waals surface area contributed by atoms with Crippen LogP contribution in [0.25, 0.3) is 11.0 Å². The van der Waals surface area contributed by atoms with E-state index in [0.29, 0.717) is 5.82 Å². The minimum absolute atomic E-state index is 0.0425. The summed E-state index contributed by atoms with van der Waals surface area (Å²) in [4.78, 5) is 24.1. The van der Waals surface area contributed by atoms with Crippen molar-refractivity contribution >= 4 is 22.8 Å². The number of carbonyl (C=O) groups is 1. The number of aryl methyl sites for hydroxylation is 1. The van der Waals surface area contributed by atoms with Gasteiger partial charge in [-0.2, -0.15) is 5.10 Å². The maximum absolute atomic E-state index is 12.2. The van der Waals surface area contributed by atoms with E-state index in [1.807, 2.05) is 24.3 Å². The molecule has 0 saturated heterocycles. The summed E-state index contributed by atoms with van der Waals surface area (Å²) >= 11 is 0. The number of carbonyl (C=O) groups excluding carboxylic acids is 1. The Kier molecular flexibility index (Phi) is 2.86. The Balaban J connectivity index is 1.93. The molecule has 3 aromatic rings. The van der Waals surface area contributed by atoms with Crippen molar-refractivity contribution in [2.24, 2.45) is 7.05 Å². The molecule has 7 heteroatoms. The van der Waals surface area contributed by atoms with Gasteiger partial charge >= 0.3 is 5.69 Å². The lowest BCUT2D eigenvalue weighted by atomic mass is 10.3. The van der Waals surface area contributed by atoms with Crippen LogP contribution in [-0.2, 0) is 18.4 Å². The van der Waals surface area contributed by atoms with Gasteiger partial charge < -0.3 is 5.32 Å². The van der Waals surface area contributed by atoms with Gasteiger partial charge in [-0.05, 0) is 12.1 Å². The van der Waals surface area contributed by atoms with Crippen LogP contribution in [0.5, 0.6) is 0 Å². The van der Waals surface area contributed by atoms with E-state index in [1.165, 1.54) is 9.13 Å². The highest BCUT2D eigenvalue weighted by Crippen LogP contribution is 2.11. The number of anilines is 1. The molecule has 0 atom stereocenters. The highest BCUT2D eigenvalue weighted by molar-refractivity contribution is 5.90. The second-order valence-electron chi connectivity index (χ2n) is 4.43. The summed E-state index contributed by atoms with van der Waals surface area (Å²) < 4.78 is 2.97. The number of para-hydroxylation sites is 2. The van der Waals surface area contributed by atoms with Crippen LogP contribution in [0.2, 0.25) is 0 Å². The van der Waals surface area contributed by atoms with Gasteiger partial charge in [0, 0.05) is 13.1 Å². The molecule has 1 aromatic carbocycles. The number of fused-ring (bicyclic) bond motifs is 1. The molecule has 0 unspecified atom stereocenters. The molecule has 0 bridgehead atoms. The van der Waals surface area contributed by atoms with Crippen LogP contribution >= 0.6 is 0 Å². The quantitative estimate of drug-likeness (QED) is 0.735. The van der Waals surface area contributed by atoms with E-state index in [9.17, 15) is 9.59 Å². The third-order valence-electron chi connectivity index (χ3n) is 3.13. The first-order valence-electron chi connectivity index (χ1n) is 6.10. The first-order chi connectivity index (χ1) is 9.66. The molecule has 3 rings (SSSR count). The Morgan fingerprint density at radius 1 is 1.30 bits per heavy atom. The minimum Gasteiger partial charge on any atom is -0.310 e. The molecule has 0 saturated carbocycles. The van der Waals surface area contributed by atoms with Crippen molar-refractivity contribution in [1.29, 1.82) is 0 Å². The van der Waals surface area contributed by atoms with Gasteiger partial charge in [0.1, 0.15) is 12.4 Å².